The van der Waals surface area contributed by atoms with Crippen molar-refractivity contribution in [3.8, 4) is 0 Å². The van der Waals surface area contributed by atoms with Crippen LogP contribution in [0.1, 0.15) is 29.6 Å². The molecule has 1 aromatic carbocycles. The molecule has 1 atom stereocenters. The topological polar surface area (TPSA) is 113 Å². The number of aliphatic hydroxyl groups is 1. The number of amides is 1. The SMILES string of the molecule is NS(=O)(=O)c1ccc(F)c(C(=O)NCCN2CCCCC2CO)c1. The van der Waals surface area contributed by atoms with E-state index in [1.807, 2.05) is 0 Å². The molecule has 1 unspecified atom stereocenters. The lowest BCUT2D eigenvalue weighted by Gasteiger charge is -2.34. The molecule has 1 saturated heterocycles. The number of rotatable bonds is 6. The van der Waals surface area contributed by atoms with E-state index in [0.29, 0.717) is 6.54 Å². The van der Waals surface area contributed by atoms with E-state index in [-0.39, 0.29) is 29.7 Å². The molecule has 9 heteroatoms. The molecule has 0 bridgehead atoms. The second kappa shape index (κ2) is 8.02. The van der Waals surface area contributed by atoms with Crippen LogP contribution in [-0.2, 0) is 10.0 Å². The predicted molar refractivity (Wildman–Crippen MR) is 86.4 cm³/mol. The summed E-state index contributed by atoms with van der Waals surface area (Å²) in [6.07, 6.45) is 3.02. The molecule has 1 fully saturated rings. The van der Waals surface area contributed by atoms with Gasteiger partial charge in [0, 0.05) is 19.1 Å². The average Bonchev–Trinajstić information content (AvgIpc) is 2.54. The van der Waals surface area contributed by atoms with Gasteiger partial charge in [0.15, 0.2) is 0 Å². The van der Waals surface area contributed by atoms with Crippen LogP contribution in [0, 0.1) is 5.82 Å². The Balaban J connectivity index is 1.97. The fraction of sp³-hybridized carbons (Fsp3) is 0.533. The molecule has 0 radical (unpaired) electrons. The Morgan fingerprint density at radius 3 is 2.83 bits per heavy atom. The first-order valence-corrected chi connectivity index (χ1v) is 9.33. The number of primary sulfonamides is 1. The molecule has 4 N–H and O–H groups in total. The monoisotopic (exact) mass is 359 g/mol. The third-order valence-electron chi connectivity index (χ3n) is 4.16. The molecule has 1 amide bonds. The van der Waals surface area contributed by atoms with E-state index in [0.717, 1.165) is 44.0 Å². The van der Waals surface area contributed by atoms with Crippen molar-refractivity contribution in [2.45, 2.75) is 30.2 Å². The number of benzene rings is 1. The van der Waals surface area contributed by atoms with Gasteiger partial charge < -0.3 is 10.4 Å². The maximum atomic E-state index is 13.8. The summed E-state index contributed by atoms with van der Waals surface area (Å²) in [5, 5.41) is 16.9. The first-order chi connectivity index (χ1) is 11.3. The van der Waals surface area contributed by atoms with Crippen molar-refractivity contribution in [2.24, 2.45) is 5.14 Å². The number of aliphatic hydroxyl groups excluding tert-OH is 1. The number of hydrogen-bond acceptors (Lipinski definition) is 5. The van der Waals surface area contributed by atoms with Gasteiger partial charge in [0.05, 0.1) is 17.1 Å². The molecule has 134 valence electrons. The fourth-order valence-electron chi connectivity index (χ4n) is 2.82. The van der Waals surface area contributed by atoms with Crippen molar-refractivity contribution >= 4 is 15.9 Å². The van der Waals surface area contributed by atoms with E-state index < -0.39 is 21.7 Å². The summed E-state index contributed by atoms with van der Waals surface area (Å²) < 4.78 is 36.4. The number of nitrogens with two attached hydrogens (primary N) is 1. The largest absolute Gasteiger partial charge is 0.395 e. The molecule has 1 aromatic rings. The van der Waals surface area contributed by atoms with Gasteiger partial charge >= 0.3 is 0 Å². The van der Waals surface area contributed by atoms with Gasteiger partial charge in [0.25, 0.3) is 5.91 Å². The van der Waals surface area contributed by atoms with Crippen LogP contribution in [0.3, 0.4) is 0 Å². The number of sulfonamides is 1. The Morgan fingerprint density at radius 1 is 1.42 bits per heavy atom. The lowest BCUT2D eigenvalue weighted by Crippen LogP contribution is -2.45. The molecule has 1 heterocycles. The zero-order chi connectivity index (χ0) is 17.7. The maximum absolute atomic E-state index is 13.8. The lowest BCUT2D eigenvalue weighted by atomic mass is 10.0. The van der Waals surface area contributed by atoms with Gasteiger partial charge in [-0.2, -0.15) is 0 Å². The third kappa shape index (κ3) is 4.73. The Morgan fingerprint density at radius 2 is 2.17 bits per heavy atom. The van der Waals surface area contributed by atoms with E-state index in [9.17, 15) is 22.7 Å². The van der Waals surface area contributed by atoms with Gasteiger partial charge in [0.2, 0.25) is 10.0 Å². The normalized spacial score (nSPS) is 19.2. The minimum absolute atomic E-state index is 0.0684. The Hall–Kier alpha value is -1.55. The van der Waals surface area contributed by atoms with E-state index in [2.05, 4.69) is 10.2 Å². The van der Waals surface area contributed by atoms with Crippen LogP contribution in [0.25, 0.3) is 0 Å². The molecular weight excluding hydrogens is 337 g/mol. The highest BCUT2D eigenvalue weighted by atomic mass is 32.2. The number of carbonyl (C=O) groups excluding carboxylic acids is 1. The minimum atomic E-state index is -4.01. The van der Waals surface area contributed by atoms with Crippen molar-refractivity contribution in [3.05, 3.63) is 29.6 Å². The number of halogens is 1. The van der Waals surface area contributed by atoms with Crippen molar-refractivity contribution in [2.75, 3.05) is 26.2 Å². The number of hydrogen-bond donors (Lipinski definition) is 3. The van der Waals surface area contributed by atoms with Crippen molar-refractivity contribution in [1.82, 2.24) is 10.2 Å². The van der Waals surface area contributed by atoms with Crippen LogP contribution in [-0.4, -0.2) is 56.6 Å². The summed E-state index contributed by atoms with van der Waals surface area (Å²) in [5.41, 5.74) is -0.362. The Labute approximate surface area is 140 Å². The summed E-state index contributed by atoms with van der Waals surface area (Å²) in [5.74, 6) is -1.51. The van der Waals surface area contributed by atoms with E-state index in [1.165, 1.54) is 0 Å². The van der Waals surface area contributed by atoms with Crippen molar-refractivity contribution in [1.29, 1.82) is 0 Å². The second-order valence-corrected chi connectivity index (χ2v) is 7.37. The summed E-state index contributed by atoms with van der Waals surface area (Å²) in [7, 11) is -4.01. The van der Waals surface area contributed by atoms with Gasteiger partial charge in [-0.25, -0.2) is 17.9 Å². The lowest BCUT2D eigenvalue weighted by molar-refractivity contribution is 0.0847. The molecule has 0 saturated carbocycles. The minimum Gasteiger partial charge on any atom is -0.395 e. The van der Waals surface area contributed by atoms with Gasteiger partial charge in [-0.3, -0.25) is 9.69 Å². The van der Waals surface area contributed by atoms with Crippen LogP contribution in [0.5, 0.6) is 0 Å². The van der Waals surface area contributed by atoms with Gasteiger partial charge in [-0.15, -0.1) is 0 Å². The number of likely N-dealkylation sites (tertiary alicyclic amines) is 1. The predicted octanol–water partition coefficient (Wildman–Crippen LogP) is 0.0497. The molecule has 0 spiro atoms. The van der Waals surface area contributed by atoms with Crippen LogP contribution >= 0.6 is 0 Å². The zero-order valence-electron chi connectivity index (χ0n) is 13.2. The molecule has 1 aliphatic rings. The van der Waals surface area contributed by atoms with E-state index in [1.54, 1.807) is 0 Å². The fourth-order valence-corrected chi connectivity index (χ4v) is 3.36. The third-order valence-corrected chi connectivity index (χ3v) is 5.07. The summed E-state index contributed by atoms with van der Waals surface area (Å²) in [4.78, 5) is 13.9. The molecule has 0 aliphatic carbocycles. The number of piperidine rings is 1. The number of carbonyl (C=O) groups is 1. The first-order valence-electron chi connectivity index (χ1n) is 7.78. The summed E-state index contributed by atoms with van der Waals surface area (Å²) in [6.45, 7) is 1.72. The highest BCUT2D eigenvalue weighted by molar-refractivity contribution is 7.89. The average molecular weight is 359 g/mol. The number of nitrogens with one attached hydrogen (secondary N) is 1. The van der Waals surface area contributed by atoms with Crippen LogP contribution in [0.2, 0.25) is 0 Å². The highest BCUT2D eigenvalue weighted by Crippen LogP contribution is 2.16. The van der Waals surface area contributed by atoms with Crippen LogP contribution in [0.4, 0.5) is 4.39 Å². The van der Waals surface area contributed by atoms with Crippen LogP contribution in [0.15, 0.2) is 23.1 Å². The Bertz CT molecular complexity index is 696. The molecule has 7 nitrogen and oxygen atoms in total. The van der Waals surface area contributed by atoms with Gasteiger partial charge in [-0.1, -0.05) is 6.42 Å². The van der Waals surface area contributed by atoms with Gasteiger partial charge in [-0.05, 0) is 37.6 Å². The van der Waals surface area contributed by atoms with Gasteiger partial charge in [0.1, 0.15) is 5.82 Å². The summed E-state index contributed by atoms with van der Waals surface area (Å²) in [6, 6.07) is 2.93. The quantitative estimate of drug-likeness (QED) is 0.664. The first kappa shape index (κ1) is 18.8. The van der Waals surface area contributed by atoms with Crippen molar-refractivity contribution in [3.63, 3.8) is 0 Å². The Kier molecular flexibility index (Phi) is 6.27. The molecule has 1 aliphatic heterocycles. The molecule has 0 aromatic heterocycles. The molecule has 24 heavy (non-hydrogen) atoms. The van der Waals surface area contributed by atoms with Crippen molar-refractivity contribution < 1.29 is 22.7 Å². The molecule has 2 rings (SSSR count). The standard InChI is InChI=1S/C15H22FN3O4S/c16-14-5-4-12(24(17,22)23)9-13(14)15(21)18-6-8-19-7-2-1-3-11(19)10-20/h4-5,9,11,20H,1-3,6-8,10H2,(H,18,21)(H2,17,22,23). The second-order valence-electron chi connectivity index (χ2n) is 5.81. The molecular formula is C15H22FN3O4S. The zero-order valence-corrected chi connectivity index (χ0v) is 14.1. The number of nitrogens with zero attached hydrogens (tertiary/aromatic N) is 1. The maximum Gasteiger partial charge on any atom is 0.254 e. The smallest absolute Gasteiger partial charge is 0.254 e. The van der Waals surface area contributed by atoms with E-state index in [4.69, 9.17) is 5.14 Å². The van der Waals surface area contributed by atoms with Crippen LogP contribution < -0.4 is 10.5 Å². The summed E-state index contributed by atoms with van der Waals surface area (Å²) >= 11 is 0. The highest BCUT2D eigenvalue weighted by Gasteiger charge is 2.22. The van der Waals surface area contributed by atoms with E-state index >= 15 is 0 Å².